The van der Waals surface area contributed by atoms with Gasteiger partial charge in [0, 0.05) is 6.04 Å². The molecule has 0 spiro atoms. The Kier molecular flexibility index (Phi) is 3.32. The molecule has 105 valence electrons. The molecule has 2 saturated heterocycles. The van der Waals surface area contributed by atoms with Crippen LogP contribution in [-0.2, 0) is 10.3 Å². The molecule has 2 fully saturated rings. The van der Waals surface area contributed by atoms with Gasteiger partial charge in [-0.05, 0) is 36.9 Å². The predicted octanol–water partition coefficient (Wildman–Crippen LogP) is 3.35. The fraction of sp³-hybridized carbons (Fsp3) is 0.333. The molecular weight excluding hydrogens is 257 g/mol. The third-order valence-corrected chi connectivity index (χ3v) is 4.82. The number of fused-ring (bicyclic) bond motifs is 1. The van der Waals surface area contributed by atoms with Crippen LogP contribution in [0.25, 0.3) is 0 Å². The standard InChI is InChI=1S/C18H19BNO/c1-3-8-15(9-4-1)18(16-10-5-2-6-11-16)14-17-12-7-13-20(17)19-21-18/h1-6,8-11,17H,7,12-14H2. The predicted molar refractivity (Wildman–Crippen MR) is 84.8 cm³/mol. The van der Waals surface area contributed by atoms with Crippen molar-refractivity contribution in [3.8, 4) is 0 Å². The maximum atomic E-state index is 6.35. The molecule has 2 aromatic rings. The molecule has 21 heavy (non-hydrogen) atoms. The summed E-state index contributed by atoms with van der Waals surface area (Å²) < 4.78 is 6.35. The van der Waals surface area contributed by atoms with Crippen LogP contribution in [0.2, 0.25) is 0 Å². The second-order valence-electron chi connectivity index (χ2n) is 6.02. The van der Waals surface area contributed by atoms with Crippen molar-refractivity contribution in [1.29, 1.82) is 0 Å². The van der Waals surface area contributed by atoms with Gasteiger partial charge in [0.05, 0.1) is 0 Å². The highest BCUT2D eigenvalue weighted by Gasteiger charge is 2.45. The second-order valence-corrected chi connectivity index (χ2v) is 6.02. The lowest BCUT2D eigenvalue weighted by atomic mass is 9.77. The minimum absolute atomic E-state index is 0.339. The van der Waals surface area contributed by atoms with Crippen molar-refractivity contribution in [3.05, 3.63) is 71.8 Å². The second kappa shape index (κ2) is 5.32. The topological polar surface area (TPSA) is 12.5 Å². The van der Waals surface area contributed by atoms with Crippen LogP contribution >= 0.6 is 0 Å². The zero-order valence-corrected chi connectivity index (χ0v) is 12.1. The Balaban J connectivity index is 1.80. The smallest absolute Gasteiger partial charge is 0.399 e. The summed E-state index contributed by atoms with van der Waals surface area (Å²) in [4.78, 5) is 2.37. The van der Waals surface area contributed by atoms with E-state index in [1.807, 2.05) is 7.62 Å². The molecule has 0 N–H and O–H groups in total. The Hall–Kier alpha value is -1.58. The minimum Gasteiger partial charge on any atom is -0.410 e. The highest BCUT2D eigenvalue weighted by Crippen LogP contribution is 2.43. The molecule has 0 amide bonds. The number of nitrogens with zero attached hydrogens (tertiary/aromatic N) is 1. The van der Waals surface area contributed by atoms with Crippen LogP contribution in [-0.4, -0.2) is 25.0 Å². The van der Waals surface area contributed by atoms with Gasteiger partial charge in [0.25, 0.3) is 0 Å². The van der Waals surface area contributed by atoms with E-state index in [1.54, 1.807) is 0 Å². The van der Waals surface area contributed by atoms with Crippen molar-refractivity contribution >= 4 is 7.62 Å². The number of hydrogen-bond donors (Lipinski definition) is 0. The largest absolute Gasteiger partial charge is 0.410 e. The molecule has 3 heteroatoms. The van der Waals surface area contributed by atoms with Gasteiger partial charge in [-0.3, -0.25) is 0 Å². The van der Waals surface area contributed by atoms with Crippen molar-refractivity contribution in [2.75, 3.05) is 6.54 Å². The van der Waals surface area contributed by atoms with Crippen LogP contribution in [0.4, 0.5) is 0 Å². The maximum Gasteiger partial charge on any atom is 0.399 e. The van der Waals surface area contributed by atoms with Gasteiger partial charge < -0.3 is 9.47 Å². The van der Waals surface area contributed by atoms with Crippen molar-refractivity contribution in [2.45, 2.75) is 30.9 Å². The Morgan fingerprint density at radius 2 is 1.57 bits per heavy atom. The van der Waals surface area contributed by atoms with Gasteiger partial charge >= 0.3 is 7.62 Å². The van der Waals surface area contributed by atoms with E-state index < -0.39 is 0 Å². The van der Waals surface area contributed by atoms with E-state index in [-0.39, 0.29) is 5.60 Å². The van der Waals surface area contributed by atoms with E-state index in [1.165, 1.54) is 24.0 Å². The van der Waals surface area contributed by atoms with E-state index >= 15 is 0 Å². The summed E-state index contributed by atoms with van der Waals surface area (Å²) in [5.41, 5.74) is 2.16. The summed E-state index contributed by atoms with van der Waals surface area (Å²) in [6.07, 6.45) is 3.56. The summed E-state index contributed by atoms with van der Waals surface area (Å²) in [5.74, 6) is 0. The van der Waals surface area contributed by atoms with E-state index in [0.717, 1.165) is 13.0 Å². The Bertz CT molecular complexity index is 562. The van der Waals surface area contributed by atoms with Crippen molar-refractivity contribution in [2.24, 2.45) is 0 Å². The molecule has 2 aromatic carbocycles. The summed E-state index contributed by atoms with van der Waals surface area (Å²) in [6, 6.07) is 21.9. The minimum atomic E-state index is -0.339. The molecule has 1 radical (unpaired) electrons. The molecule has 0 bridgehead atoms. The van der Waals surface area contributed by atoms with E-state index in [9.17, 15) is 0 Å². The average molecular weight is 276 g/mol. The number of rotatable bonds is 2. The van der Waals surface area contributed by atoms with Crippen LogP contribution in [0.15, 0.2) is 60.7 Å². The first-order chi connectivity index (χ1) is 10.4. The summed E-state index contributed by atoms with van der Waals surface area (Å²) in [5, 5.41) is 0. The average Bonchev–Trinajstić information content (AvgIpc) is 3.03. The first kappa shape index (κ1) is 13.1. The first-order valence-electron chi connectivity index (χ1n) is 7.76. The van der Waals surface area contributed by atoms with Gasteiger partial charge in [-0.25, -0.2) is 0 Å². The lowest BCUT2D eigenvalue weighted by molar-refractivity contribution is 0.0367. The van der Waals surface area contributed by atoms with Crippen molar-refractivity contribution < 1.29 is 4.65 Å². The zero-order valence-electron chi connectivity index (χ0n) is 12.1. The molecule has 2 aliphatic rings. The molecule has 2 heterocycles. The lowest BCUT2D eigenvalue weighted by Gasteiger charge is -2.44. The molecule has 0 aromatic heterocycles. The molecule has 1 atom stereocenters. The van der Waals surface area contributed by atoms with Gasteiger partial charge in [0.2, 0.25) is 0 Å². The van der Waals surface area contributed by atoms with Gasteiger partial charge in [-0.2, -0.15) is 0 Å². The third kappa shape index (κ3) is 2.21. The fourth-order valence-electron chi connectivity index (χ4n) is 3.71. The number of benzene rings is 2. The van der Waals surface area contributed by atoms with Crippen LogP contribution in [0.1, 0.15) is 30.4 Å². The first-order valence-corrected chi connectivity index (χ1v) is 7.76. The van der Waals surface area contributed by atoms with E-state index in [2.05, 4.69) is 65.5 Å². The highest BCUT2D eigenvalue weighted by atomic mass is 16.5. The highest BCUT2D eigenvalue weighted by molar-refractivity contribution is 6.24. The quantitative estimate of drug-likeness (QED) is 0.780. The Morgan fingerprint density at radius 3 is 2.19 bits per heavy atom. The fourth-order valence-corrected chi connectivity index (χ4v) is 3.71. The number of hydrogen-bond acceptors (Lipinski definition) is 2. The zero-order chi connectivity index (χ0) is 14.1. The van der Waals surface area contributed by atoms with Gasteiger partial charge in [0.15, 0.2) is 0 Å². The maximum absolute atomic E-state index is 6.35. The van der Waals surface area contributed by atoms with Crippen molar-refractivity contribution in [1.82, 2.24) is 4.81 Å². The monoisotopic (exact) mass is 276 g/mol. The lowest BCUT2D eigenvalue weighted by Crippen LogP contribution is -2.50. The van der Waals surface area contributed by atoms with E-state index in [0.29, 0.717) is 6.04 Å². The molecule has 2 aliphatic heterocycles. The van der Waals surface area contributed by atoms with Crippen LogP contribution in [0.5, 0.6) is 0 Å². The summed E-state index contributed by atoms with van der Waals surface area (Å²) in [6.45, 7) is 1.13. The molecule has 2 nitrogen and oxygen atoms in total. The summed E-state index contributed by atoms with van der Waals surface area (Å²) in [7, 11) is 1.97. The Labute approximate surface area is 127 Å². The van der Waals surface area contributed by atoms with Crippen LogP contribution in [0, 0.1) is 0 Å². The van der Waals surface area contributed by atoms with E-state index in [4.69, 9.17) is 4.65 Å². The molecule has 1 unspecified atom stereocenters. The molecule has 4 rings (SSSR count). The molecule has 0 saturated carbocycles. The van der Waals surface area contributed by atoms with Crippen LogP contribution in [0.3, 0.4) is 0 Å². The normalized spacial score (nSPS) is 24.3. The van der Waals surface area contributed by atoms with Crippen LogP contribution < -0.4 is 0 Å². The van der Waals surface area contributed by atoms with Gasteiger partial charge in [0.1, 0.15) is 5.60 Å². The Morgan fingerprint density at radius 1 is 0.952 bits per heavy atom. The van der Waals surface area contributed by atoms with Gasteiger partial charge in [-0.15, -0.1) is 0 Å². The van der Waals surface area contributed by atoms with Gasteiger partial charge in [-0.1, -0.05) is 60.7 Å². The van der Waals surface area contributed by atoms with Crippen molar-refractivity contribution in [3.63, 3.8) is 0 Å². The molecule has 0 aliphatic carbocycles. The molecular formula is C18H19BNO. The summed E-state index contributed by atoms with van der Waals surface area (Å²) >= 11 is 0. The third-order valence-electron chi connectivity index (χ3n) is 4.82. The SMILES string of the molecule is [B]1OC(c2ccccc2)(c2ccccc2)CC2CCCN12.